The van der Waals surface area contributed by atoms with Gasteiger partial charge in [0.25, 0.3) is 0 Å². The molecule has 1 aliphatic carbocycles. The van der Waals surface area contributed by atoms with Crippen molar-refractivity contribution in [2.75, 3.05) is 11.6 Å². The molecule has 1 atom stereocenters. The highest BCUT2D eigenvalue weighted by Crippen LogP contribution is 2.32. The molecule has 1 aliphatic rings. The first-order valence-electron chi connectivity index (χ1n) is 7.47. The smallest absolute Gasteiger partial charge is 0.150 e. The molecule has 0 bridgehead atoms. The van der Waals surface area contributed by atoms with Gasteiger partial charge in [0, 0.05) is 11.7 Å². The van der Waals surface area contributed by atoms with Crippen molar-refractivity contribution in [3.05, 3.63) is 18.2 Å². The summed E-state index contributed by atoms with van der Waals surface area (Å²) < 4.78 is 2.44. The van der Waals surface area contributed by atoms with E-state index in [1.54, 1.807) is 23.1 Å². The Morgan fingerprint density at radius 2 is 2.10 bits per heavy atom. The molecular weight excluding hydrogens is 284 g/mol. The monoisotopic (exact) mass is 306 g/mol. The Kier molecular flexibility index (Phi) is 4.51. The van der Waals surface area contributed by atoms with Crippen LogP contribution in [0.3, 0.4) is 0 Å². The highest BCUT2D eigenvalue weighted by Gasteiger charge is 2.19. The number of thioether (sulfide) groups is 1. The minimum Gasteiger partial charge on any atom is -0.382 e. The number of hydrogen-bond donors (Lipinski definition) is 1. The van der Waals surface area contributed by atoms with Gasteiger partial charge in [-0.2, -0.15) is 0 Å². The molecule has 3 rings (SSSR count). The summed E-state index contributed by atoms with van der Waals surface area (Å²) in [7, 11) is 0. The van der Waals surface area contributed by atoms with Crippen molar-refractivity contribution in [3.8, 4) is 0 Å². The van der Waals surface area contributed by atoms with Gasteiger partial charge in [-0.1, -0.05) is 31.0 Å². The molecule has 0 amide bonds. The Bertz CT molecular complexity index is 573. The summed E-state index contributed by atoms with van der Waals surface area (Å²) in [4.78, 5) is 4.60. The standard InChI is InChI=1S/C16H22N2S2/c1-11(12-6-4-3-5-7-12)17-13-8-9-14-15(10-13)20-16(18-14)19-2/h8-12,17H,3-7H2,1-2H3. The van der Waals surface area contributed by atoms with Gasteiger partial charge in [-0.3, -0.25) is 0 Å². The number of benzene rings is 1. The van der Waals surface area contributed by atoms with Crippen LogP contribution in [0.25, 0.3) is 10.2 Å². The average molecular weight is 306 g/mol. The molecule has 0 spiro atoms. The number of anilines is 1. The Morgan fingerprint density at radius 1 is 1.30 bits per heavy atom. The molecule has 108 valence electrons. The van der Waals surface area contributed by atoms with Crippen molar-refractivity contribution in [3.63, 3.8) is 0 Å². The van der Waals surface area contributed by atoms with Crippen LogP contribution in [0.1, 0.15) is 39.0 Å². The third-order valence-corrected chi connectivity index (χ3v) is 6.30. The van der Waals surface area contributed by atoms with E-state index >= 15 is 0 Å². The largest absolute Gasteiger partial charge is 0.382 e. The normalized spacial score (nSPS) is 18.3. The Morgan fingerprint density at radius 3 is 2.85 bits per heavy atom. The van der Waals surface area contributed by atoms with E-state index in [9.17, 15) is 0 Å². The van der Waals surface area contributed by atoms with Crippen molar-refractivity contribution in [1.82, 2.24) is 4.98 Å². The van der Waals surface area contributed by atoms with Gasteiger partial charge in [0.2, 0.25) is 0 Å². The zero-order chi connectivity index (χ0) is 13.9. The molecule has 1 fully saturated rings. The van der Waals surface area contributed by atoms with E-state index in [0.717, 1.165) is 15.8 Å². The number of aromatic nitrogens is 1. The van der Waals surface area contributed by atoms with Gasteiger partial charge in [0.1, 0.15) is 0 Å². The first-order chi connectivity index (χ1) is 9.76. The molecule has 1 heterocycles. The average Bonchev–Trinajstić information content (AvgIpc) is 2.90. The summed E-state index contributed by atoms with van der Waals surface area (Å²) in [5.41, 5.74) is 2.36. The molecule has 1 aromatic heterocycles. The van der Waals surface area contributed by atoms with Crippen molar-refractivity contribution >= 4 is 39.0 Å². The van der Waals surface area contributed by atoms with E-state index in [2.05, 4.69) is 41.7 Å². The van der Waals surface area contributed by atoms with E-state index < -0.39 is 0 Å². The lowest BCUT2D eigenvalue weighted by Crippen LogP contribution is -2.27. The molecule has 0 aliphatic heterocycles. The zero-order valence-corrected chi connectivity index (χ0v) is 13.8. The molecule has 1 aromatic carbocycles. The van der Waals surface area contributed by atoms with Crippen LogP contribution in [0.2, 0.25) is 0 Å². The van der Waals surface area contributed by atoms with Gasteiger partial charge in [-0.05, 0) is 50.1 Å². The minimum absolute atomic E-state index is 0.570. The van der Waals surface area contributed by atoms with Crippen molar-refractivity contribution in [2.24, 2.45) is 5.92 Å². The van der Waals surface area contributed by atoms with Crippen LogP contribution < -0.4 is 5.32 Å². The van der Waals surface area contributed by atoms with E-state index in [1.807, 2.05) is 0 Å². The topological polar surface area (TPSA) is 24.9 Å². The second-order valence-corrected chi connectivity index (χ2v) is 7.78. The van der Waals surface area contributed by atoms with Crippen LogP contribution in [0.15, 0.2) is 22.5 Å². The molecule has 4 heteroatoms. The fraction of sp³-hybridized carbons (Fsp3) is 0.562. The highest BCUT2D eigenvalue weighted by atomic mass is 32.2. The Balaban J connectivity index is 1.72. The van der Waals surface area contributed by atoms with Gasteiger partial charge in [0.15, 0.2) is 4.34 Å². The molecular formula is C16H22N2S2. The van der Waals surface area contributed by atoms with Crippen LogP contribution in [-0.2, 0) is 0 Å². The Labute approximate surface area is 129 Å². The maximum absolute atomic E-state index is 4.60. The molecule has 1 unspecified atom stereocenters. The quantitative estimate of drug-likeness (QED) is 0.766. The maximum atomic E-state index is 4.60. The van der Waals surface area contributed by atoms with Gasteiger partial charge in [-0.15, -0.1) is 11.3 Å². The van der Waals surface area contributed by atoms with Gasteiger partial charge >= 0.3 is 0 Å². The van der Waals surface area contributed by atoms with E-state index in [-0.39, 0.29) is 0 Å². The lowest BCUT2D eigenvalue weighted by atomic mass is 9.84. The minimum atomic E-state index is 0.570. The SMILES string of the molecule is CSc1nc2ccc(NC(C)C3CCCCC3)cc2s1. The second kappa shape index (κ2) is 6.35. The number of nitrogens with one attached hydrogen (secondary N) is 1. The highest BCUT2D eigenvalue weighted by molar-refractivity contribution is 8.00. The van der Waals surface area contributed by atoms with Gasteiger partial charge < -0.3 is 5.32 Å². The van der Waals surface area contributed by atoms with E-state index in [4.69, 9.17) is 0 Å². The summed E-state index contributed by atoms with van der Waals surface area (Å²) in [6.45, 7) is 2.33. The Hall–Kier alpha value is -0.740. The molecule has 0 saturated heterocycles. The second-order valence-electron chi connectivity index (χ2n) is 5.70. The van der Waals surface area contributed by atoms with E-state index in [1.165, 1.54) is 42.5 Å². The number of thiazole rings is 1. The molecule has 1 saturated carbocycles. The maximum Gasteiger partial charge on any atom is 0.150 e. The lowest BCUT2D eigenvalue weighted by molar-refractivity contribution is 0.328. The van der Waals surface area contributed by atoms with Crippen LogP contribution in [-0.4, -0.2) is 17.3 Å². The number of fused-ring (bicyclic) bond motifs is 1. The fourth-order valence-corrected chi connectivity index (χ4v) is 4.62. The summed E-state index contributed by atoms with van der Waals surface area (Å²) in [5, 5.41) is 3.70. The fourth-order valence-electron chi connectivity index (χ4n) is 3.10. The molecule has 1 N–H and O–H groups in total. The molecule has 2 nitrogen and oxygen atoms in total. The predicted molar refractivity (Wildman–Crippen MR) is 91.1 cm³/mol. The first kappa shape index (κ1) is 14.2. The van der Waals surface area contributed by atoms with Crippen LogP contribution in [0, 0.1) is 5.92 Å². The van der Waals surface area contributed by atoms with E-state index in [0.29, 0.717) is 6.04 Å². The number of rotatable bonds is 4. The summed E-state index contributed by atoms with van der Waals surface area (Å²) in [6.07, 6.45) is 9.08. The lowest BCUT2D eigenvalue weighted by Gasteiger charge is -2.29. The zero-order valence-electron chi connectivity index (χ0n) is 12.2. The number of nitrogens with zero attached hydrogens (tertiary/aromatic N) is 1. The molecule has 2 aromatic rings. The third kappa shape index (κ3) is 3.12. The van der Waals surface area contributed by atoms with Gasteiger partial charge in [-0.25, -0.2) is 4.98 Å². The van der Waals surface area contributed by atoms with Crippen molar-refractivity contribution in [1.29, 1.82) is 0 Å². The summed E-state index contributed by atoms with van der Waals surface area (Å²) >= 11 is 3.51. The number of hydrogen-bond acceptors (Lipinski definition) is 4. The molecule has 20 heavy (non-hydrogen) atoms. The third-order valence-electron chi connectivity index (χ3n) is 4.29. The van der Waals surface area contributed by atoms with Gasteiger partial charge in [0.05, 0.1) is 10.2 Å². The first-order valence-corrected chi connectivity index (χ1v) is 9.51. The van der Waals surface area contributed by atoms with Crippen LogP contribution >= 0.6 is 23.1 Å². The predicted octanol–water partition coefficient (Wildman–Crippen LogP) is 5.40. The van der Waals surface area contributed by atoms with Crippen molar-refractivity contribution in [2.45, 2.75) is 49.4 Å². The van der Waals surface area contributed by atoms with Crippen molar-refractivity contribution < 1.29 is 0 Å². The molecule has 0 radical (unpaired) electrons. The van der Waals surface area contributed by atoms with Crippen LogP contribution in [0.5, 0.6) is 0 Å². The van der Waals surface area contributed by atoms with Crippen LogP contribution in [0.4, 0.5) is 5.69 Å². The summed E-state index contributed by atoms with van der Waals surface area (Å²) in [6, 6.07) is 7.14. The summed E-state index contributed by atoms with van der Waals surface area (Å²) in [5.74, 6) is 0.836.